The van der Waals surface area contributed by atoms with E-state index in [0.29, 0.717) is 0 Å². The van der Waals surface area contributed by atoms with Gasteiger partial charge in [-0.2, -0.15) is 0 Å². The van der Waals surface area contributed by atoms with Gasteiger partial charge in [0.05, 0.1) is 0 Å². The van der Waals surface area contributed by atoms with Crippen LogP contribution >= 0.6 is 10.0 Å². The molecule has 4 heteroatoms. The van der Waals surface area contributed by atoms with Crippen molar-refractivity contribution >= 4 is 35.6 Å². The van der Waals surface area contributed by atoms with Crippen LogP contribution in [0, 0.1) is 0 Å². The zero-order valence-corrected chi connectivity index (χ0v) is 3.70. The highest BCUT2D eigenvalue weighted by atomic mass is 35.6. The van der Waals surface area contributed by atoms with E-state index in [1.165, 1.54) is 0 Å². The van der Waals surface area contributed by atoms with Crippen molar-refractivity contribution in [2.75, 3.05) is 0 Å². The largest absolute Gasteiger partial charge is 0.564 e. The third-order valence-electron chi connectivity index (χ3n) is 0. The molecule has 0 saturated carbocycles. The molecular weight excluding hydrogens is 107 g/mol. The van der Waals surface area contributed by atoms with Gasteiger partial charge >= 0.3 is 14.6 Å². The number of rotatable bonds is 0. The molecule has 0 aromatic rings. The van der Waals surface area contributed by atoms with Crippen molar-refractivity contribution in [2.45, 2.75) is 0 Å². The van der Waals surface area contributed by atoms with E-state index in [0.717, 1.165) is 0 Å². The fourth-order valence-corrected chi connectivity index (χ4v) is 0. The molecule has 0 heterocycles. The molecule has 4 heavy (non-hydrogen) atoms. The molecule has 0 saturated heterocycles. The van der Waals surface area contributed by atoms with Gasteiger partial charge in [-0.1, -0.05) is 0 Å². The molecule has 0 aromatic carbocycles. The highest BCUT2D eigenvalue weighted by Gasteiger charge is 1.59. The summed E-state index contributed by atoms with van der Waals surface area (Å²) >= 11 is -1.11. The van der Waals surface area contributed by atoms with E-state index < -0.39 is 14.6 Å². The van der Waals surface area contributed by atoms with Crippen LogP contribution in [0.3, 0.4) is 0 Å². The van der Waals surface area contributed by atoms with Crippen LogP contribution in [0.5, 0.6) is 0 Å². The summed E-state index contributed by atoms with van der Waals surface area (Å²) in [5.41, 5.74) is 0. The highest BCUT2D eigenvalue weighted by molar-refractivity contribution is 6.89. The van der Waals surface area contributed by atoms with Crippen molar-refractivity contribution in [3.8, 4) is 0 Å². The minimum atomic E-state index is -1.11. The van der Waals surface area contributed by atoms with E-state index in [1.807, 2.05) is 0 Å². The van der Waals surface area contributed by atoms with E-state index in [1.54, 1.807) is 0 Å². The molecule has 0 aromatic heterocycles. The van der Waals surface area contributed by atoms with Gasteiger partial charge in [-0.3, -0.25) is 0 Å². The maximum absolute atomic E-state index is 7.47. The molecule has 0 fully saturated rings. The summed E-state index contributed by atoms with van der Waals surface area (Å²) < 4.78 is 7.47. The van der Waals surface area contributed by atoms with Gasteiger partial charge in [0.25, 0.3) is 0 Å². The van der Waals surface area contributed by atoms with Crippen molar-refractivity contribution in [1.82, 2.24) is 0 Å². The predicted octanol–water partition coefficient (Wildman–Crippen LogP) is -1.97. The molecule has 0 spiro atoms. The summed E-state index contributed by atoms with van der Waals surface area (Å²) in [5.74, 6) is 0. The van der Waals surface area contributed by atoms with Crippen LogP contribution in [0.1, 0.15) is 0 Å². The Bertz CT molecular complexity index is 8.00. The second-order valence-corrected chi connectivity index (χ2v) is 1.08. The quantitative estimate of drug-likeness (QED) is 0.361. The average Bonchev–Trinajstić information content (AvgIpc) is 0.918. The zero-order valence-electron chi connectivity index (χ0n) is 1.53. The first-order valence-electron chi connectivity index (χ1n) is 0.583. The lowest BCUT2D eigenvalue weighted by Gasteiger charge is -1.40. The van der Waals surface area contributed by atoms with Gasteiger partial charge in [0, 0.05) is 0 Å². The van der Waals surface area contributed by atoms with Gasteiger partial charge in [0.1, 0.15) is 0 Å². The first-order valence-corrected chi connectivity index (χ1v) is 3.35. The summed E-state index contributed by atoms with van der Waals surface area (Å²) in [4.78, 5) is 0. The lowest BCUT2D eigenvalue weighted by Crippen LogP contribution is -1.59. The molecule has 1 nitrogen and oxygen atoms in total. The van der Waals surface area contributed by atoms with Crippen molar-refractivity contribution in [1.29, 1.82) is 0 Å². The third kappa shape index (κ3) is 12.0. The Balaban J connectivity index is 0. The van der Waals surface area contributed by atoms with Gasteiger partial charge in [-0.15, -0.1) is 0 Å². The molecule has 0 aliphatic carbocycles. The lowest BCUT2D eigenvalue weighted by atomic mass is 15.9. The fraction of sp³-hybridized carbons (Fsp3) is 0. The van der Waals surface area contributed by atoms with Gasteiger partial charge in [0.15, 0.2) is 0 Å². The van der Waals surface area contributed by atoms with Gasteiger partial charge < -0.3 is 4.16 Å². The van der Waals surface area contributed by atoms with Crippen LogP contribution in [0.25, 0.3) is 0 Å². The Hall–Kier alpha value is 0.999. The number of hydrogen-bond donors (Lipinski definition) is 1. The SMILES string of the molecule is [OH][AlH][Cl].[SiH4]. The maximum atomic E-state index is 7.47. The summed E-state index contributed by atoms with van der Waals surface area (Å²) in [6, 6.07) is 0. The molecule has 0 rings (SSSR count). The maximum Gasteiger partial charge on any atom is 0.564 e. The van der Waals surface area contributed by atoms with Crippen LogP contribution in [0.2, 0.25) is 0 Å². The molecule has 0 radical (unpaired) electrons. The first-order chi connectivity index (χ1) is 1.41. The van der Waals surface area contributed by atoms with Crippen LogP contribution < -0.4 is 0 Å². The topological polar surface area (TPSA) is 20.2 Å². The lowest BCUT2D eigenvalue weighted by molar-refractivity contribution is 0.622. The molecule has 0 amide bonds. The molecule has 0 aliphatic rings. The second kappa shape index (κ2) is 9.00. The van der Waals surface area contributed by atoms with Crippen molar-refractivity contribution in [3.05, 3.63) is 0 Å². The van der Waals surface area contributed by atoms with Crippen molar-refractivity contribution < 1.29 is 4.16 Å². The van der Waals surface area contributed by atoms with E-state index in [4.69, 9.17) is 14.2 Å². The molecule has 0 bridgehead atoms. The molecule has 26 valence electrons. The monoisotopic (exact) mass is 112 g/mol. The van der Waals surface area contributed by atoms with Crippen LogP contribution in [-0.2, 0) is 0 Å². The Morgan fingerprint density at radius 3 is 1.75 bits per heavy atom. The molecule has 0 unspecified atom stereocenters. The summed E-state index contributed by atoms with van der Waals surface area (Å²) in [6.07, 6.45) is 0. The summed E-state index contributed by atoms with van der Waals surface area (Å²) in [7, 11) is 4.69. The van der Waals surface area contributed by atoms with Gasteiger partial charge in [-0.25, -0.2) is 10.0 Å². The second-order valence-electron chi connectivity index (χ2n) is 0.120. The smallest absolute Gasteiger partial charge is 0.507 e. The Morgan fingerprint density at radius 1 is 1.75 bits per heavy atom. The minimum absolute atomic E-state index is 0. The third-order valence-corrected chi connectivity index (χ3v) is 0. The number of hydrogen-bond acceptors (Lipinski definition) is 1. The van der Waals surface area contributed by atoms with Gasteiger partial charge in [0.2, 0.25) is 0 Å². The standard InChI is InChI=1S/Al.ClH.H2O.H4Si.H/h;1H;1H2;1H4;/q+2;;;;/p-2. The normalized spacial score (nSPS) is 3.50. The Kier molecular flexibility index (Phi) is 20.0. The van der Waals surface area contributed by atoms with Crippen LogP contribution in [0.15, 0.2) is 0 Å². The Morgan fingerprint density at radius 2 is 1.75 bits per heavy atom. The van der Waals surface area contributed by atoms with Gasteiger partial charge in [-0.05, 0) is 11.0 Å². The predicted molar refractivity (Wildman–Crippen MR) is 26.6 cm³/mol. The van der Waals surface area contributed by atoms with E-state index in [9.17, 15) is 0 Å². The van der Waals surface area contributed by atoms with Crippen LogP contribution in [0.4, 0.5) is 0 Å². The van der Waals surface area contributed by atoms with Crippen LogP contribution in [-0.4, -0.2) is 29.8 Å². The van der Waals surface area contributed by atoms with Crippen molar-refractivity contribution in [2.24, 2.45) is 0 Å². The fourth-order valence-electron chi connectivity index (χ4n) is 0. The molecule has 1 N–H and O–H groups in total. The zero-order chi connectivity index (χ0) is 2.71. The van der Waals surface area contributed by atoms with E-state index in [2.05, 4.69) is 0 Å². The van der Waals surface area contributed by atoms with E-state index >= 15 is 0 Å². The molecular formula is H6AlClOSi. The summed E-state index contributed by atoms with van der Waals surface area (Å²) in [5, 5.41) is 0. The Labute approximate surface area is 40.2 Å². The first kappa shape index (κ1) is 8.89. The number of halogens is 1. The van der Waals surface area contributed by atoms with E-state index in [-0.39, 0.29) is 11.0 Å². The average molecular weight is 113 g/mol. The van der Waals surface area contributed by atoms with Crippen molar-refractivity contribution in [3.63, 3.8) is 0 Å². The molecule has 0 aliphatic heterocycles. The minimum Gasteiger partial charge on any atom is -0.507 e. The highest BCUT2D eigenvalue weighted by Crippen LogP contribution is 1.47. The summed E-state index contributed by atoms with van der Waals surface area (Å²) in [6.45, 7) is 0. The molecule has 0 atom stereocenters.